The van der Waals surface area contributed by atoms with Crippen LogP contribution >= 0.6 is 0 Å². The van der Waals surface area contributed by atoms with E-state index in [0.717, 1.165) is 60.7 Å². The Morgan fingerprint density at radius 1 is 1.34 bits per heavy atom. The number of pyridine rings is 1. The molecule has 0 amide bonds. The van der Waals surface area contributed by atoms with Gasteiger partial charge in [-0.15, -0.1) is 0 Å². The molecule has 1 fully saturated rings. The number of fused-ring (bicyclic) bond motifs is 1. The Kier molecular flexibility index (Phi) is 6.77. The van der Waals surface area contributed by atoms with Crippen molar-refractivity contribution >= 4 is 11.5 Å². The molecule has 0 spiro atoms. The maximum absolute atomic E-state index is 12.7. The summed E-state index contributed by atoms with van der Waals surface area (Å²) in [7, 11) is 0. The number of aromatic nitrogens is 3. The topological polar surface area (TPSA) is 68.9 Å². The van der Waals surface area contributed by atoms with Crippen LogP contribution in [0.3, 0.4) is 0 Å². The number of rotatable bonds is 4. The number of nitrogens with zero attached hydrogens (tertiary/aromatic N) is 3. The highest BCUT2D eigenvalue weighted by Crippen LogP contribution is 2.37. The van der Waals surface area contributed by atoms with Gasteiger partial charge in [-0.05, 0) is 47.0 Å². The molecule has 0 aliphatic carbocycles. The number of halogens is 1. The van der Waals surface area contributed by atoms with Crippen LogP contribution in [0.4, 0.5) is 15.9 Å². The molecule has 6 nitrogen and oxygen atoms in total. The van der Waals surface area contributed by atoms with Gasteiger partial charge in [0, 0.05) is 60.0 Å². The fourth-order valence-electron chi connectivity index (χ4n) is 3.81. The molecule has 4 rings (SSSR count). The number of aromatic amines is 1. The number of hydrogen-bond acceptors (Lipinski definition) is 5. The summed E-state index contributed by atoms with van der Waals surface area (Å²) in [5, 5.41) is 14.0. The van der Waals surface area contributed by atoms with Crippen molar-refractivity contribution in [2.75, 3.05) is 30.3 Å². The average molecular weight is 401 g/mol. The lowest BCUT2D eigenvalue weighted by molar-refractivity contribution is 0.169. The van der Waals surface area contributed by atoms with Gasteiger partial charge in [0.25, 0.3) is 0 Å². The number of alkyl halides is 1. The van der Waals surface area contributed by atoms with Crippen LogP contribution < -0.4 is 10.6 Å². The second-order valence-electron chi connectivity index (χ2n) is 8.18. The van der Waals surface area contributed by atoms with Crippen molar-refractivity contribution in [3.63, 3.8) is 0 Å². The van der Waals surface area contributed by atoms with Crippen LogP contribution in [0.5, 0.6) is 0 Å². The molecule has 1 saturated heterocycles. The van der Waals surface area contributed by atoms with E-state index in [0.29, 0.717) is 12.6 Å². The Balaban J connectivity index is 0.000000204. The molecule has 1 atom stereocenters. The molecule has 0 bridgehead atoms. The number of likely N-dealkylation sites (tertiary alicyclic amines) is 1. The van der Waals surface area contributed by atoms with Gasteiger partial charge >= 0.3 is 0 Å². The summed E-state index contributed by atoms with van der Waals surface area (Å²) in [5.41, 5.74) is 6.77. The molecule has 7 heteroatoms. The molecule has 2 aromatic heterocycles. The largest absolute Gasteiger partial charge is 0.382 e. The van der Waals surface area contributed by atoms with E-state index in [1.54, 1.807) is 0 Å². The summed E-state index contributed by atoms with van der Waals surface area (Å²) in [6.07, 6.45) is 5.87. The Labute approximate surface area is 173 Å². The lowest BCUT2D eigenvalue weighted by atomic mass is 10.0. The smallest absolute Gasteiger partial charge is 0.131 e. The molecule has 29 heavy (non-hydrogen) atoms. The first kappa shape index (κ1) is 21.1. The van der Waals surface area contributed by atoms with Crippen molar-refractivity contribution in [2.45, 2.75) is 59.2 Å². The molecular weight excluding hydrogens is 367 g/mol. The number of H-pyrrole nitrogens is 1. The summed E-state index contributed by atoms with van der Waals surface area (Å²) >= 11 is 0. The SMILES string of the molecule is C=C(C)N1CCCC(F)C1.Cc1[nH]ncc1-c1cnc2c(c1NC(C)C)CCN2. The van der Waals surface area contributed by atoms with Crippen molar-refractivity contribution in [3.8, 4) is 11.1 Å². The molecular formula is C22H33FN6. The van der Waals surface area contributed by atoms with Crippen molar-refractivity contribution < 1.29 is 4.39 Å². The van der Waals surface area contributed by atoms with Gasteiger partial charge in [0.1, 0.15) is 12.0 Å². The minimum absolute atomic E-state index is 0.387. The van der Waals surface area contributed by atoms with Crippen LogP contribution in [0.15, 0.2) is 24.7 Å². The lowest BCUT2D eigenvalue weighted by Crippen LogP contribution is -2.34. The van der Waals surface area contributed by atoms with Gasteiger partial charge < -0.3 is 15.5 Å². The molecule has 0 radical (unpaired) electrons. The molecule has 3 N–H and O–H groups in total. The number of piperidine rings is 1. The third kappa shape index (κ3) is 5.08. The van der Waals surface area contributed by atoms with Crippen LogP contribution in [0.25, 0.3) is 11.1 Å². The maximum atomic E-state index is 12.7. The number of nitrogens with one attached hydrogen (secondary N) is 3. The fourth-order valence-corrected chi connectivity index (χ4v) is 3.81. The van der Waals surface area contributed by atoms with E-state index in [2.05, 4.69) is 46.2 Å². The van der Waals surface area contributed by atoms with Crippen molar-refractivity contribution in [1.29, 1.82) is 0 Å². The van der Waals surface area contributed by atoms with E-state index in [4.69, 9.17) is 0 Å². The number of aryl methyl sites for hydroxylation is 1. The Morgan fingerprint density at radius 3 is 2.72 bits per heavy atom. The highest BCUT2D eigenvalue weighted by molar-refractivity contribution is 5.84. The molecule has 0 saturated carbocycles. The van der Waals surface area contributed by atoms with Crippen LogP contribution in [0.2, 0.25) is 0 Å². The predicted octanol–water partition coefficient (Wildman–Crippen LogP) is 4.52. The van der Waals surface area contributed by atoms with Crippen molar-refractivity contribution in [2.24, 2.45) is 0 Å². The molecule has 0 aromatic carbocycles. The van der Waals surface area contributed by atoms with E-state index < -0.39 is 6.17 Å². The second kappa shape index (κ2) is 9.29. The van der Waals surface area contributed by atoms with Crippen LogP contribution in [-0.4, -0.2) is 51.9 Å². The number of allylic oxidation sites excluding steroid dienone is 1. The minimum atomic E-state index is -0.634. The van der Waals surface area contributed by atoms with E-state index in [9.17, 15) is 4.39 Å². The van der Waals surface area contributed by atoms with E-state index in [1.165, 1.54) is 11.3 Å². The summed E-state index contributed by atoms with van der Waals surface area (Å²) in [6.45, 7) is 14.5. The molecule has 4 heterocycles. The number of hydrogen-bond donors (Lipinski definition) is 3. The molecule has 2 aromatic rings. The minimum Gasteiger partial charge on any atom is -0.382 e. The van der Waals surface area contributed by atoms with Gasteiger partial charge in [-0.3, -0.25) is 5.10 Å². The van der Waals surface area contributed by atoms with E-state index in [1.807, 2.05) is 31.1 Å². The Morgan fingerprint density at radius 2 is 2.14 bits per heavy atom. The van der Waals surface area contributed by atoms with Gasteiger partial charge in [0.2, 0.25) is 0 Å². The van der Waals surface area contributed by atoms with Crippen LogP contribution in [-0.2, 0) is 6.42 Å². The van der Waals surface area contributed by atoms with Gasteiger partial charge in [-0.25, -0.2) is 9.37 Å². The summed E-state index contributed by atoms with van der Waals surface area (Å²) < 4.78 is 12.7. The van der Waals surface area contributed by atoms with E-state index >= 15 is 0 Å². The third-order valence-corrected chi connectivity index (χ3v) is 5.30. The molecule has 1 unspecified atom stereocenters. The molecule has 158 valence electrons. The fraction of sp³-hybridized carbons (Fsp3) is 0.545. The average Bonchev–Trinajstić information content (AvgIpc) is 3.31. The van der Waals surface area contributed by atoms with Gasteiger partial charge in [0.15, 0.2) is 0 Å². The first-order valence-electron chi connectivity index (χ1n) is 10.4. The first-order valence-corrected chi connectivity index (χ1v) is 10.4. The van der Waals surface area contributed by atoms with Gasteiger partial charge in [-0.1, -0.05) is 6.58 Å². The molecule has 2 aliphatic heterocycles. The monoisotopic (exact) mass is 400 g/mol. The summed E-state index contributed by atoms with van der Waals surface area (Å²) in [4.78, 5) is 6.54. The van der Waals surface area contributed by atoms with Crippen molar-refractivity contribution in [3.05, 3.63) is 35.9 Å². The van der Waals surface area contributed by atoms with Gasteiger partial charge in [-0.2, -0.15) is 5.10 Å². The first-order chi connectivity index (χ1) is 13.9. The normalized spacial score (nSPS) is 18.0. The van der Waals surface area contributed by atoms with E-state index in [-0.39, 0.29) is 0 Å². The zero-order valence-corrected chi connectivity index (χ0v) is 18.0. The van der Waals surface area contributed by atoms with Gasteiger partial charge in [0.05, 0.1) is 11.9 Å². The summed E-state index contributed by atoms with van der Waals surface area (Å²) in [5.74, 6) is 1.01. The van der Waals surface area contributed by atoms with Crippen LogP contribution in [0.1, 0.15) is 44.9 Å². The van der Waals surface area contributed by atoms with Crippen molar-refractivity contribution in [1.82, 2.24) is 20.1 Å². The third-order valence-electron chi connectivity index (χ3n) is 5.30. The Bertz CT molecular complexity index is 844. The van der Waals surface area contributed by atoms with Crippen LogP contribution in [0, 0.1) is 6.92 Å². The standard InChI is InChI=1S/C14H19N5.C8H14FN/c1-8(2)18-13-10-4-5-15-14(10)16-6-12(13)11-7-17-19-9(11)3;1-7(2)10-5-3-4-8(9)6-10/h6-8H,4-5H2,1-3H3,(H,17,19)(H2,15,16,18);8H,1,3-6H2,2H3. The zero-order chi connectivity index (χ0) is 21.0. The maximum Gasteiger partial charge on any atom is 0.131 e. The second-order valence-corrected chi connectivity index (χ2v) is 8.18. The quantitative estimate of drug-likeness (QED) is 0.704. The lowest BCUT2D eigenvalue weighted by Gasteiger charge is -2.30. The zero-order valence-electron chi connectivity index (χ0n) is 18.0. The summed E-state index contributed by atoms with van der Waals surface area (Å²) in [6, 6.07) is 0.387. The number of anilines is 2. The highest BCUT2D eigenvalue weighted by Gasteiger charge is 2.21. The predicted molar refractivity (Wildman–Crippen MR) is 118 cm³/mol. The Hall–Kier alpha value is -2.57. The molecule has 2 aliphatic rings. The highest BCUT2D eigenvalue weighted by atomic mass is 19.1.